The van der Waals surface area contributed by atoms with Gasteiger partial charge in [-0.3, -0.25) is 18.4 Å². The molecule has 51 heavy (non-hydrogen) atoms. The van der Waals surface area contributed by atoms with Gasteiger partial charge < -0.3 is 9.47 Å². The molecule has 8 nitrogen and oxygen atoms in total. The summed E-state index contributed by atoms with van der Waals surface area (Å²) >= 11 is 4.64. The molecule has 0 radical (unpaired) electrons. The summed E-state index contributed by atoms with van der Waals surface area (Å²) in [7, 11) is 1.62. The van der Waals surface area contributed by atoms with E-state index in [-0.39, 0.29) is 11.1 Å². The molecule has 10 aromatic rings. The molecule has 5 aromatic carbocycles. The maximum absolute atomic E-state index is 13.8. The van der Waals surface area contributed by atoms with Crippen molar-refractivity contribution in [2.24, 2.45) is 0 Å². The summed E-state index contributed by atoms with van der Waals surface area (Å²) in [5.41, 5.74) is 6.50. The fourth-order valence-corrected chi connectivity index (χ4v) is 9.45. The van der Waals surface area contributed by atoms with Gasteiger partial charge in [-0.05, 0) is 94.4 Å². The molecule has 0 amide bonds. The molecule has 0 aliphatic carbocycles. The highest BCUT2D eigenvalue weighted by Gasteiger charge is 2.16. The molecule has 10 rings (SSSR count). The fourth-order valence-electron chi connectivity index (χ4n) is 6.61. The Morgan fingerprint density at radius 3 is 2.06 bits per heavy atom. The van der Waals surface area contributed by atoms with Gasteiger partial charge in [0.15, 0.2) is 9.92 Å². The summed E-state index contributed by atoms with van der Waals surface area (Å²) in [5.74, 6) is 1.26. The highest BCUT2D eigenvalue weighted by Crippen LogP contribution is 2.34. The predicted molar refractivity (Wildman–Crippen MR) is 208 cm³/mol. The Kier molecular flexibility index (Phi) is 6.82. The van der Waals surface area contributed by atoms with Gasteiger partial charge in [-0.1, -0.05) is 59.1 Å². The number of para-hydroxylation sites is 1. The average Bonchev–Trinajstić information content (AvgIpc) is 3.91. The van der Waals surface area contributed by atoms with Crippen LogP contribution in [0.2, 0.25) is 0 Å². The lowest BCUT2D eigenvalue weighted by molar-refractivity contribution is 0.304. The van der Waals surface area contributed by atoms with Crippen LogP contribution in [0.25, 0.3) is 73.7 Å². The van der Waals surface area contributed by atoms with Crippen molar-refractivity contribution >= 4 is 86.2 Å². The molecule has 0 spiro atoms. The molecule has 0 aliphatic heterocycles. The molecule has 5 heterocycles. The standard InChI is InChI=1S/C40H24N4O4S3/c1-47-26-16-25(23-9-11-30-28(18-23)37(45)43-32-5-2-3-6-35(32)50-39(43)41-30)17-27(20-26)48-21-22-8-13-33-36(15-22)51-40-42-31-12-10-24(34-7-4-14-49-34)19-29(31)38(46)44(33)40/h2-20H,21H2,1H3. The lowest BCUT2D eigenvalue weighted by atomic mass is 10.0. The lowest BCUT2D eigenvalue weighted by Gasteiger charge is -2.12. The molecule has 11 heteroatoms. The number of rotatable bonds is 6. The van der Waals surface area contributed by atoms with E-state index in [0.29, 0.717) is 49.8 Å². The van der Waals surface area contributed by atoms with Crippen molar-refractivity contribution in [3.05, 3.63) is 141 Å². The first-order valence-electron chi connectivity index (χ1n) is 16.1. The maximum Gasteiger partial charge on any atom is 0.266 e. The summed E-state index contributed by atoms with van der Waals surface area (Å²) in [6.45, 7) is 0.303. The van der Waals surface area contributed by atoms with Crippen LogP contribution in [-0.4, -0.2) is 25.9 Å². The van der Waals surface area contributed by atoms with Crippen LogP contribution in [0.4, 0.5) is 0 Å². The van der Waals surface area contributed by atoms with E-state index in [1.54, 1.807) is 27.2 Å². The molecule has 246 valence electrons. The molecule has 0 unspecified atom stereocenters. The van der Waals surface area contributed by atoms with Crippen LogP contribution in [0, 0.1) is 0 Å². The fraction of sp³-hybridized carbons (Fsp3) is 0.0500. The Morgan fingerprint density at radius 2 is 1.31 bits per heavy atom. The van der Waals surface area contributed by atoms with Gasteiger partial charge in [0.05, 0.1) is 49.3 Å². The summed E-state index contributed by atoms with van der Waals surface area (Å²) in [5, 5.41) is 3.17. The SMILES string of the molecule is COc1cc(OCc2ccc3c(c2)sc2nc4ccc(-c5cccs5)cc4c(=O)n23)cc(-c2ccc3nc4sc5ccccc5n4c(=O)c3c2)c1. The zero-order chi connectivity index (χ0) is 34.2. The van der Waals surface area contributed by atoms with Crippen molar-refractivity contribution in [1.82, 2.24) is 18.8 Å². The Morgan fingerprint density at radius 1 is 0.627 bits per heavy atom. The van der Waals surface area contributed by atoms with Crippen LogP contribution in [0.1, 0.15) is 5.56 Å². The van der Waals surface area contributed by atoms with E-state index >= 15 is 0 Å². The third kappa shape index (κ3) is 4.92. The molecule has 0 N–H and O–H groups in total. The van der Waals surface area contributed by atoms with Gasteiger partial charge in [0.1, 0.15) is 18.1 Å². The summed E-state index contributed by atoms with van der Waals surface area (Å²) < 4.78 is 17.3. The van der Waals surface area contributed by atoms with Gasteiger partial charge in [0.25, 0.3) is 11.1 Å². The monoisotopic (exact) mass is 720 g/mol. The van der Waals surface area contributed by atoms with Crippen LogP contribution in [0.5, 0.6) is 11.5 Å². The van der Waals surface area contributed by atoms with Gasteiger partial charge in [-0.2, -0.15) is 0 Å². The van der Waals surface area contributed by atoms with Crippen molar-refractivity contribution in [2.75, 3.05) is 7.11 Å². The van der Waals surface area contributed by atoms with Gasteiger partial charge in [0, 0.05) is 10.9 Å². The largest absolute Gasteiger partial charge is 0.497 e. The van der Waals surface area contributed by atoms with Crippen molar-refractivity contribution in [1.29, 1.82) is 0 Å². The van der Waals surface area contributed by atoms with Gasteiger partial charge in [-0.25, -0.2) is 9.97 Å². The van der Waals surface area contributed by atoms with E-state index in [1.807, 2.05) is 102 Å². The second-order valence-electron chi connectivity index (χ2n) is 12.2. The number of aromatic nitrogens is 4. The zero-order valence-corrected chi connectivity index (χ0v) is 29.3. The number of fused-ring (bicyclic) bond motifs is 8. The van der Waals surface area contributed by atoms with E-state index in [4.69, 9.17) is 19.4 Å². The first-order valence-corrected chi connectivity index (χ1v) is 18.6. The summed E-state index contributed by atoms with van der Waals surface area (Å²) in [6, 6.07) is 35.3. The number of nitrogens with zero attached hydrogens (tertiary/aromatic N) is 4. The molecular formula is C40H24N4O4S3. The second-order valence-corrected chi connectivity index (χ2v) is 15.1. The van der Waals surface area contributed by atoms with Crippen molar-refractivity contribution in [3.8, 4) is 33.1 Å². The number of methoxy groups -OCH3 is 1. The summed E-state index contributed by atoms with van der Waals surface area (Å²) in [6.07, 6.45) is 0. The smallest absolute Gasteiger partial charge is 0.266 e. The number of hydrogen-bond acceptors (Lipinski definition) is 9. The average molecular weight is 721 g/mol. The number of thiazole rings is 2. The van der Waals surface area contributed by atoms with Gasteiger partial charge in [0.2, 0.25) is 0 Å². The Labute approximate surface area is 300 Å². The maximum atomic E-state index is 13.8. The Balaban J connectivity index is 0.978. The van der Waals surface area contributed by atoms with Crippen LogP contribution in [0.15, 0.2) is 124 Å². The first kappa shape index (κ1) is 30.0. The minimum absolute atomic E-state index is 0.0761. The molecule has 0 aliphatic rings. The Hall–Kier alpha value is -5.88. The highest BCUT2D eigenvalue weighted by molar-refractivity contribution is 7.24. The molecule has 0 saturated heterocycles. The van der Waals surface area contributed by atoms with E-state index < -0.39 is 0 Å². The van der Waals surface area contributed by atoms with Gasteiger partial charge >= 0.3 is 0 Å². The first-order chi connectivity index (χ1) is 25.0. The third-order valence-electron chi connectivity index (χ3n) is 9.11. The van der Waals surface area contributed by atoms with E-state index in [9.17, 15) is 9.59 Å². The van der Waals surface area contributed by atoms with Crippen molar-refractivity contribution in [3.63, 3.8) is 0 Å². The minimum atomic E-state index is -0.0982. The molecule has 0 saturated carbocycles. The molecule has 0 bridgehead atoms. The predicted octanol–water partition coefficient (Wildman–Crippen LogP) is 9.42. The third-order valence-corrected chi connectivity index (χ3v) is 12.1. The lowest BCUT2D eigenvalue weighted by Crippen LogP contribution is -2.13. The number of hydrogen-bond donors (Lipinski definition) is 0. The zero-order valence-electron chi connectivity index (χ0n) is 26.8. The molecular weight excluding hydrogens is 697 g/mol. The quantitative estimate of drug-likeness (QED) is 0.170. The molecule has 5 aromatic heterocycles. The van der Waals surface area contributed by atoms with Gasteiger partial charge in [-0.15, -0.1) is 11.3 Å². The van der Waals surface area contributed by atoms with E-state index in [0.717, 1.165) is 47.6 Å². The van der Waals surface area contributed by atoms with Crippen LogP contribution < -0.4 is 20.6 Å². The molecule has 0 fully saturated rings. The van der Waals surface area contributed by atoms with Crippen LogP contribution >= 0.6 is 34.0 Å². The van der Waals surface area contributed by atoms with E-state index in [2.05, 4.69) is 12.1 Å². The normalized spacial score (nSPS) is 11.9. The topological polar surface area (TPSA) is 87.2 Å². The van der Waals surface area contributed by atoms with Crippen LogP contribution in [0.3, 0.4) is 0 Å². The van der Waals surface area contributed by atoms with Crippen LogP contribution in [-0.2, 0) is 6.61 Å². The minimum Gasteiger partial charge on any atom is -0.497 e. The van der Waals surface area contributed by atoms with Crippen molar-refractivity contribution in [2.45, 2.75) is 6.61 Å². The van der Waals surface area contributed by atoms with E-state index in [1.165, 1.54) is 22.7 Å². The Bertz CT molecular complexity index is 3140. The number of benzene rings is 5. The van der Waals surface area contributed by atoms with Crippen molar-refractivity contribution < 1.29 is 9.47 Å². The molecule has 0 atom stereocenters. The highest BCUT2D eigenvalue weighted by atomic mass is 32.1. The second kappa shape index (κ2) is 11.6. The summed E-state index contributed by atoms with van der Waals surface area (Å²) in [4.78, 5) is 39.6. The number of ether oxygens (including phenoxy) is 2. The number of thiophene rings is 1.